The van der Waals surface area contributed by atoms with Crippen LogP contribution in [0.2, 0.25) is 0 Å². The van der Waals surface area contributed by atoms with Crippen LogP contribution in [-0.4, -0.2) is 23.0 Å². The molecule has 1 saturated heterocycles. The van der Waals surface area contributed by atoms with Gasteiger partial charge in [-0.05, 0) is 24.8 Å². The number of nitrogens with one attached hydrogen (secondary N) is 1. The fourth-order valence-electron chi connectivity index (χ4n) is 3.03. The number of rotatable bonds is 1. The summed E-state index contributed by atoms with van der Waals surface area (Å²) in [6.45, 7) is 1.11. The second-order valence-corrected chi connectivity index (χ2v) is 7.68. The largest absolute Gasteiger partial charge is 0.306 e. The van der Waals surface area contributed by atoms with Crippen molar-refractivity contribution in [1.29, 1.82) is 0 Å². The summed E-state index contributed by atoms with van der Waals surface area (Å²) >= 11 is 3.97. The van der Waals surface area contributed by atoms with Gasteiger partial charge in [-0.3, -0.25) is 0 Å². The van der Waals surface area contributed by atoms with Gasteiger partial charge >= 0.3 is 0 Å². The highest BCUT2D eigenvalue weighted by Crippen LogP contribution is 2.37. The molecule has 0 bridgehead atoms. The van der Waals surface area contributed by atoms with E-state index in [1.807, 2.05) is 23.1 Å². The van der Waals surface area contributed by atoms with Gasteiger partial charge in [0.15, 0.2) is 0 Å². The van der Waals surface area contributed by atoms with E-state index in [0.29, 0.717) is 6.04 Å². The zero-order valence-electron chi connectivity index (χ0n) is 11.4. The summed E-state index contributed by atoms with van der Waals surface area (Å²) in [6.07, 6.45) is 3.62. The highest BCUT2D eigenvalue weighted by atomic mass is 32.2. The number of thiazole rings is 1. The van der Waals surface area contributed by atoms with E-state index >= 15 is 0 Å². The lowest BCUT2D eigenvalue weighted by Gasteiger charge is -2.20. The Labute approximate surface area is 128 Å². The van der Waals surface area contributed by atoms with E-state index in [-0.39, 0.29) is 0 Å². The van der Waals surface area contributed by atoms with Crippen molar-refractivity contribution in [2.75, 3.05) is 18.1 Å². The zero-order valence-corrected chi connectivity index (χ0v) is 13.0. The number of fused-ring (bicyclic) bond motifs is 3. The van der Waals surface area contributed by atoms with Gasteiger partial charge < -0.3 is 5.32 Å². The summed E-state index contributed by atoms with van der Waals surface area (Å²) in [5.74, 6) is 2.39. The van der Waals surface area contributed by atoms with Gasteiger partial charge in [-0.1, -0.05) is 24.3 Å². The molecule has 1 aromatic heterocycles. The van der Waals surface area contributed by atoms with E-state index in [1.165, 1.54) is 51.7 Å². The van der Waals surface area contributed by atoms with Crippen molar-refractivity contribution in [2.45, 2.75) is 25.3 Å². The van der Waals surface area contributed by atoms with E-state index in [9.17, 15) is 0 Å². The molecule has 2 aliphatic rings. The Balaban J connectivity index is 1.75. The van der Waals surface area contributed by atoms with Crippen LogP contribution >= 0.6 is 23.1 Å². The number of aryl methyl sites for hydroxylation is 2. The van der Waals surface area contributed by atoms with Gasteiger partial charge in [-0.2, -0.15) is 11.8 Å². The maximum absolute atomic E-state index is 5.02. The normalized spacial score (nSPS) is 21.9. The number of hydrogen-bond donors (Lipinski definition) is 1. The van der Waals surface area contributed by atoms with Crippen LogP contribution in [0, 0.1) is 0 Å². The minimum Gasteiger partial charge on any atom is -0.306 e. The first-order valence-corrected chi connectivity index (χ1v) is 9.28. The molecule has 0 spiro atoms. The molecule has 20 heavy (non-hydrogen) atoms. The van der Waals surface area contributed by atoms with Gasteiger partial charge in [-0.15, -0.1) is 11.3 Å². The molecular weight excluding hydrogens is 284 g/mol. The molecule has 1 aliphatic heterocycles. The van der Waals surface area contributed by atoms with E-state index in [2.05, 4.69) is 29.6 Å². The third-order valence-corrected chi connectivity index (χ3v) is 6.35. The Morgan fingerprint density at radius 3 is 3.05 bits per heavy atom. The highest BCUT2D eigenvalue weighted by Gasteiger charge is 2.24. The topological polar surface area (TPSA) is 24.9 Å². The summed E-state index contributed by atoms with van der Waals surface area (Å²) in [5.41, 5.74) is 4.09. The van der Waals surface area contributed by atoms with Gasteiger partial charge in [0.25, 0.3) is 0 Å². The Morgan fingerprint density at radius 2 is 2.15 bits per heavy atom. The van der Waals surface area contributed by atoms with Gasteiger partial charge in [0.05, 0.1) is 11.7 Å². The lowest BCUT2D eigenvalue weighted by molar-refractivity contribution is 0.592. The molecule has 104 valence electrons. The fraction of sp³-hybridized carbons (Fsp3) is 0.438. The Bertz CT molecular complexity index is 615. The molecule has 1 atom stereocenters. The average Bonchev–Trinajstić information content (AvgIpc) is 2.85. The lowest BCUT2D eigenvalue weighted by Crippen LogP contribution is -2.30. The second-order valence-electron chi connectivity index (χ2n) is 5.42. The molecule has 2 aromatic rings. The zero-order chi connectivity index (χ0) is 13.4. The monoisotopic (exact) mass is 302 g/mol. The van der Waals surface area contributed by atoms with E-state index < -0.39 is 0 Å². The minimum absolute atomic E-state index is 0.456. The molecule has 1 fully saturated rings. The van der Waals surface area contributed by atoms with Gasteiger partial charge in [0.2, 0.25) is 0 Å². The highest BCUT2D eigenvalue weighted by molar-refractivity contribution is 7.99. The predicted molar refractivity (Wildman–Crippen MR) is 87.6 cm³/mol. The van der Waals surface area contributed by atoms with E-state index in [4.69, 9.17) is 4.98 Å². The molecule has 2 heterocycles. The summed E-state index contributed by atoms with van der Waals surface area (Å²) in [5, 5.41) is 4.90. The summed E-state index contributed by atoms with van der Waals surface area (Å²) in [6, 6.07) is 9.25. The van der Waals surface area contributed by atoms with Crippen molar-refractivity contribution in [3.63, 3.8) is 0 Å². The standard InChI is InChI=1S/C16H18N2S2/c1-2-6-12-11(4-1)5-3-7-14-15(12)18-16(20-14)13-10-19-9-8-17-13/h1-2,4,6,13,17H,3,5,7-10H2. The van der Waals surface area contributed by atoms with E-state index in [1.54, 1.807) is 0 Å². The molecule has 2 nitrogen and oxygen atoms in total. The van der Waals surface area contributed by atoms with Crippen LogP contribution in [0.5, 0.6) is 0 Å². The Morgan fingerprint density at radius 1 is 1.20 bits per heavy atom. The van der Waals surface area contributed by atoms with Crippen LogP contribution in [0.15, 0.2) is 24.3 Å². The summed E-state index contributed by atoms with van der Waals surface area (Å²) in [4.78, 5) is 6.51. The van der Waals surface area contributed by atoms with Crippen molar-refractivity contribution in [2.24, 2.45) is 0 Å². The molecular formula is C16H18N2S2. The van der Waals surface area contributed by atoms with Crippen LogP contribution in [0.3, 0.4) is 0 Å². The average molecular weight is 302 g/mol. The Kier molecular flexibility index (Phi) is 3.54. The van der Waals surface area contributed by atoms with Gasteiger partial charge in [-0.25, -0.2) is 4.98 Å². The van der Waals surface area contributed by atoms with Gasteiger partial charge in [0, 0.05) is 28.5 Å². The quantitative estimate of drug-likeness (QED) is 0.870. The van der Waals surface area contributed by atoms with Crippen molar-refractivity contribution in [1.82, 2.24) is 10.3 Å². The molecule has 1 unspecified atom stereocenters. The molecule has 0 radical (unpaired) electrons. The summed E-state index contributed by atoms with van der Waals surface area (Å²) < 4.78 is 0. The first-order chi connectivity index (χ1) is 9.92. The number of hydrogen-bond acceptors (Lipinski definition) is 4. The van der Waals surface area contributed by atoms with Crippen molar-refractivity contribution in [3.05, 3.63) is 39.7 Å². The van der Waals surface area contributed by atoms with Crippen LogP contribution < -0.4 is 5.32 Å². The molecule has 0 saturated carbocycles. The summed E-state index contributed by atoms with van der Waals surface area (Å²) in [7, 11) is 0. The molecule has 1 aromatic carbocycles. The molecule has 4 heteroatoms. The maximum atomic E-state index is 5.02. The molecule has 1 N–H and O–H groups in total. The van der Waals surface area contributed by atoms with Gasteiger partial charge in [0.1, 0.15) is 5.01 Å². The molecule has 1 aliphatic carbocycles. The van der Waals surface area contributed by atoms with Crippen LogP contribution in [-0.2, 0) is 12.8 Å². The number of nitrogens with zero attached hydrogens (tertiary/aromatic N) is 1. The van der Waals surface area contributed by atoms with Crippen LogP contribution in [0.4, 0.5) is 0 Å². The predicted octanol–water partition coefficient (Wildman–Crippen LogP) is 3.68. The van der Waals surface area contributed by atoms with Crippen LogP contribution in [0.25, 0.3) is 11.3 Å². The molecule has 4 rings (SSSR count). The minimum atomic E-state index is 0.456. The fourth-order valence-corrected chi connectivity index (χ4v) is 5.27. The third kappa shape index (κ3) is 2.30. The lowest BCUT2D eigenvalue weighted by atomic mass is 10.0. The van der Waals surface area contributed by atoms with Crippen molar-refractivity contribution >= 4 is 23.1 Å². The van der Waals surface area contributed by atoms with Crippen molar-refractivity contribution in [3.8, 4) is 11.3 Å². The molecule has 0 amide bonds. The van der Waals surface area contributed by atoms with Crippen LogP contribution in [0.1, 0.15) is 27.9 Å². The number of thioether (sulfide) groups is 1. The SMILES string of the molecule is c1ccc2c(c1)CCCc1sc(C3CSCCN3)nc1-2. The smallest absolute Gasteiger partial charge is 0.111 e. The third-order valence-electron chi connectivity index (χ3n) is 4.06. The Hall–Kier alpha value is -0.840. The van der Waals surface area contributed by atoms with E-state index in [0.717, 1.165) is 12.3 Å². The number of aromatic nitrogens is 1. The first kappa shape index (κ1) is 12.9. The number of benzene rings is 1. The van der Waals surface area contributed by atoms with Crippen molar-refractivity contribution < 1.29 is 0 Å². The second kappa shape index (κ2) is 5.51. The first-order valence-electron chi connectivity index (χ1n) is 7.31. The maximum Gasteiger partial charge on any atom is 0.111 e.